The first kappa shape index (κ1) is 22.2. The number of fused-ring (bicyclic) bond motifs is 2. The summed E-state index contributed by atoms with van der Waals surface area (Å²) in [6.07, 6.45) is 3.87. The number of benzene rings is 2. The Labute approximate surface area is 196 Å². The van der Waals surface area contributed by atoms with E-state index >= 15 is 0 Å². The number of nitrogens with two attached hydrogens (primary N) is 1. The minimum Gasteiger partial charge on any atom is -0.494 e. The highest BCUT2D eigenvalue weighted by atomic mass is 32.1. The molecule has 174 valence electrons. The van der Waals surface area contributed by atoms with Crippen LogP contribution in [-0.2, 0) is 6.42 Å². The standard InChI is InChI=1S/C25H20F2N2O4S/c1-33-23-14(20-9-12-3-2-4-18(28)24(12)34-20)6-7-15-21(23)29(11-16(22(15)30)25(31)32)19-8-5-13(26)10-17(19)27/h5-11,18H,2-4,28H2,1H3,(H,31,32). The first-order chi connectivity index (χ1) is 16.3. The summed E-state index contributed by atoms with van der Waals surface area (Å²) in [4.78, 5) is 26.7. The smallest absolute Gasteiger partial charge is 0.341 e. The van der Waals surface area contributed by atoms with Gasteiger partial charge < -0.3 is 20.1 Å². The fourth-order valence-corrected chi connectivity index (χ4v) is 5.81. The van der Waals surface area contributed by atoms with Gasteiger partial charge in [0.15, 0.2) is 5.75 Å². The Balaban J connectivity index is 1.86. The molecule has 0 saturated carbocycles. The van der Waals surface area contributed by atoms with Crippen LogP contribution in [0.25, 0.3) is 27.0 Å². The lowest BCUT2D eigenvalue weighted by Crippen LogP contribution is -2.19. The zero-order valence-electron chi connectivity index (χ0n) is 18.1. The van der Waals surface area contributed by atoms with Gasteiger partial charge in [0.2, 0.25) is 5.43 Å². The van der Waals surface area contributed by atoms with Crippen LogP contribution in [0.15, 0.2) is 47.4 Å². The molecule has 2 aromatic heterocycles. The molecular weight excluding hydrogens is 462 g/mol. The Hall–Kier alpha value is -3.56. The van der Waals surface area contributed by atoms with Gasteiger partial charge in [0.1, 0.15) is 22.7 Å². The first-order valence-electron chi connectivity index (χ1n) is 10.6. The number of ether oxygens (including phenoxy) is 1. The van der Waals surface area contributed by atoms with Crippen molar-refractivity contribution in [1.29, 1.82) is 0 Å². The number of methoxy groups -OCH3 is 1. The van der Waals surface area contributed by atoms with Gasteiger partial charge in [-0.05, 0) is 55.2 Å². The number of thiophene rings is 1. The minimum atomic E-state index is -1.45. The third-order valence-electron chi connectivity index (χ3n) is 6.13. The maximum absolute atomic E-state index is 14.8. The molecule has 2 heterocycles. The molecule has 0 radical (unpaired) electrons. The van der Waals surface area contributed by atoms with Crippen molar-refractivity contribution in [2.45, 2.75) is 25.3 Å². The fourth-order valence-electron chi connectivity index (χ4n) is 4.54. The zero-order chi connectivity index (χ0) is 24.1. The number of aromatic carboxylic acids is 1. The molecule has 1 aliphatic carbocycles. The number of carbonyl (C=O) groups is 1. The number of halogens is 2. The number of aryl methyl sites for hydroxylation is 1. The number of aromatic nitrogens is 1. The van der Waals surface area contributed by atoms with Crippen LogP contribution in [0.4, 0.5) is 8.78 Å². The van der Waals surface area contributed by atoms with Gasteiger partial charge in [-0.1, -0.05) is 0 Å². The molecule has 2 aromatic carbocycles. The van der Waals surface area contributed by atoms with Crippen molar-refractivity contribution in [2.24, 2.45) is 5.73 Å². The molecule has 0 spiro atoms. The number of carboxylic acid groups (broad SMARTS) is 1. The van der Waals surface area contributed by atoms with Crippen molar-refractivity contribution in [3.8, 4) is 21.9 Å². The summed E-state index contributed by atoms with van der Waals surface area (Å²) in [6.45, 7) is 0. The monoisotopic (exact) mass is 482 g/mol. The molecular formula is C25H20F2N2O4S. The Morgan fingerprint density at radius 2 is 2.03 bits per heavy atom. The number of rotatable bonds is 4. The van der Waals surface area contributed by atoms with E-state index in [0.717, 1.165) is 41.3 Å². The van der Waals surface area contributed by atoms with Gasteiger partial charge in [0.25, 0.3) is 0 Å². The highest BCUT2D eigenvalue weighted by Crippen LogP contribution is 2.44. The van der Waals surface area contributed by atoms with E-state index in [9.17, 15) is 23.5 Å². The van der Waals surface area contributed by atoms with Crippen LogP contribution in [0.2, 0.25) is 0 Å². The number of pyridine rings is 1. The van der Waals surface area contributed by atoms with Crippen molar-refractivity contribution in [2.75, 3.05) is 7.11 Å². The summed E-state index contributed by atoms with van der Waals surface area (Å²) < 4.78 is 35.4. The second kappa shape index (κ2) is 8.34. The molecule has 4 aromatic rings. The van der Waals surface area contributed by atoms with Crippen LogP contribution in [0.5, 0.6) is 5.75 Å². The average molecular weight is 483 g/mol. The van der Waals surface area contributed by atoms with Crippen molar-refractivity contribution >= 4 is 28.2 Å². The molecule has 0 bridgehead atoms. The second-order valence-electron chi connectivity index (χ2n) is 8.18. The Morgan fingerprint density at radius 3 is 2.71 bits per heavy atom. The molecule has 0 saturated heterocycles. The molecule has 6 nitrogen and oxygen atoms in total. The maximum Gasteiger partial charge on any atom is 0.341 e. The highest BCUT2D eigenvalue weighted by molar-refractivity contribution is 7.15. The van der Waals surface area contributed by atoms with Crippen LogP contribution in [0, 0.1) is 11.6 Å². The molecule has 0 amide bonds. The maximum atomic E-state index is 14.8. The SMILES string of the molecule is COc1c(-c2cc3c(s2)C(N)CCC3)ccc2c(=O)c(C(=O)O)cn(-c3ccc(F)cc3F)c12. The molecule has 0 fully saturated rings. The molecule has 0 aliphatic heterocycles. The van der Waals surface area contributed by atoms with Gasteiger partial charge in [-0.25, -0.2) is 13.6 Å². The largest absolute Gasteiger partial charge is 0.494 e. The molecule has 1 aliphatic rings. The Morgan fingerprint density at radius 1 is 1.24 bits per heavy atom. The van der Waals surface area contributed by atoms with Gasteiger partial charge >= 0.3 is 5.97 Å². The third-order valence-corrected chi connectivity index (χ3v) is 7.47. The predicted octanol–water partition coefficient (Wildman–Crippen LogP) is 5.04. The minimum absolute atomic E-state index is 0.0430. The van der Waals surface area contributed by atoms with Gasteiger partial charge in [-0.2, -0.15) is 0 Å². The summed E-state index contributed by atoms with van der Waals surface area (Å²) in [5.41, 5.74) is 6.95. The van der Waals surface area contributed by atoms with E-state index in [2.05, 4.69) is 6.07 Å². The summed E-state index contributed by atoms with van der Waals surface area (Å²) in [5, 5.41) is 9.62. The van der Waals surface area contributed by atoms with Crippen LogP contribution >= 0.6 is 11.3 Å². The molecule has 1 atom stereocenters. The first-order valence-corrected chi connectivity index (χ1v) is 11.5. The van der Waals surface area contributed by atoms with Gasteiger partial charge in [0, 0.05) is 33.6 Å². The van der Waals surface area contributed by atoms with E-state index in [1.807, 2.05) is 0 Å². The van der Waals surface area contributed by atoms with E-state index in [0.29, 0.717) is 11.6 Å². The predicted molar refractivity (Wildman–Crippen MR) is 126 cm³/mol. The summed E-state index contributed by atoms with van der Waals surface area (Å²) >= 11 is 1.54. The van der Waals surface area contributed by atoms with Crippen molar-refractivity contribution in [3.05, 3.63) is 80.5 Å². The van der Waals surface area contributed by atoms with E-state index in [-0.39, 0.29) is 28.4 Å². The Kier molecular flexibility index (Phi) is 5.45. The average Bonchev–Trinajstić information content (AvgIpc) is 3.24. The molecule has 34 heavy (non-hydrogen) atoms. The number of hydrogen-bond donors (Lipinski definition) is 2. The normalized spacial score (nSPS) is 15.4. The lowest BCUT2D eigenvalue weighted by atomic mass is 9.95. The summed E-state index contributed by atoms with van der Waals surface area (Å²) in [5.74, 6) is -2.86. The molecule has 3 N–H and O–H groups in total. The summed E-state index contributed by atoms with van der Waals surface area (Å²) in [7, 11) is 1.43. The van der Waals surface area contributed by atoms with E-state index in [1.165, 1.54) is 29.4 Å². The molecule has 9 heteroatoms. The van der Waals surface area contributed by atoms with Crippen LogP contribution < -0.4 is 15.9 Å². The third kappa shape index (κ3) is 3.48. The fraction of sp³-hybridized carbons (Fsp3) is 0.200. The van der Waals surface area contributed by atoms with Crippen molar-refractivity contribution in [1.82, 2.24) is 4.57 Å². The van der Waals surface area contributed by atoms with E-state index in [4.69, 9.17) is 10.5 Å². The summed E-state index contributed by atoms with van der Waals surface area (Å²) in [6, 6.07) is 8.17. The number of carboxylic acids is 1. The molecule has 1 unspecified atom stereocenters. The van der Waals surface area contributed by atoms with Crippen molar-refractivity contribution < 1.29 is 23.4 Å². The lowest BCUT2D eigenvalue weighted by molar-refractivity contribution is 0.0695. The van der Waals surface area contributed by atoms with Crippen LogP contribution in [0.1, 0.15) is 39.7 Å². The van der Waals surface area contributed by atoms with Crippen LogP contribution in [-0.4, -0.2) is 22.8 Å². The van der Waals surface area contributed by atoms with E-state index in [1.54, 1.807) is 17.4 Å². The number of nitrogens with zero attached hydrogens (tertiary/aromatic N) is 1. The number of hydrogen-bond acceptors (Lipinski definition) is 5. The Bertz CT molecular complexity index is 1530. The van der Waals surface area contributed by atoms with E-state index < -0.39 is 28.6 Å². The molecule has 5 rings (SSSR count). The second-order valence-corrected chi connectivity index (χ2v) is 9.27. The quantitative estimate of drug-likeness (QED) is 0.425. The van der Waals surface area contributed by atoms with Crippen LogP contribution in [0.3, 0.4) is 0 Å². The highest BCUT2D eigenvalue weighted by Gasteiger charge is 2.25. The van der Waals surface area contributed by atoms with Gasteiger partial charge in [-0.3, -0.25) is 4.79 Å². The van der Waals surface area contributed by atoms with Crippen molar-refractivity contribution in [3.63, 3.8) is 0 Å². The zero-order valence-corrected chi connectivity index (χ0v) is 18.9. The van der Waals surface area contributed by atoms with Gasteiger partial charge in [-0.15, -0.1) is 11.3 Å². The lowest BCUT2D eigenvalue weighted by Gasteiger charge is -2.18. The van der Waals surface area contributed by atoms with Gasteiger partial charge in [0.05, 0.1) is 18.2 Å². The topological polar surface area (TPSA) is 94.6 Å².